The van der Waals surface area contributed by atoms with E-state index in [0.717, 1.165) is 21.9 Å². The van der Waals surface area contributed by atoms with E-state index in [9.17, 15) is 39.3 Å². The van der Waals surface area contributed by atoms with Gasteiger partial charge in [-0.3, -0.25) is 24.1 Å². The first kappa shape index (κ1) is 32.9. The molecule has 0 aromatic heterocycles. The number of allylic oxidation sites excluding steroid dienone is 3. The summed E-state index contributed by atoms with van der Waals surface area (Å²) in [5, 5.41) is 30.0. The first-order valence-electron chi connectivity index (χ1n) is 14.3. The summed E-state index contributed by atoms with van der Waals surface area (Å²) in [4.78, 5) is 64.7. The van der Waals surface area contributed by atoms with Crippen LogP contribution in [-0.4, -0.2) is 79.2 Å². The number of nitrogens with zero attached hydrogens (tertiary/aromatic N) is 2. The van der Waals surface area contributed by atoms with Crippen molar-refractivity contribution in [2.45, 2.75) is 22.6 Å². The first-order chi connectivity index (χ1) is 22.2. The summed E-state index contributed by atoms with van der Waals surface area (Å²) in [6, 6.07) is 6.46. The molecule has 0 radical (unpaired) electrons. The Labute approximate surface area is 286 Å². The number of anilines is 1. The molecule has 246 valence electrons. The van der Waals surface area contributed by atoms with Crippen LogP contribution in [0.5, 0.6) is 23.0 Å². The van der Waals surface area contributed by atoms with Gasteiger partial charge in [0.1, 0.15) is 11.3 Å². The monoisotopic (exact) mass is 748 g/mol. The molecule has 2 saturated heterocycles. The van der Waals surface area contributed by atoms with Crippen LogP contribution in [-0.2, 0) is 19.2 Å². The van der Waals surface area contributed by atoms with Gasteiger partial charge in [0.05, 0.1) is 37.2 Å². The number of phenolic OH excluding ortho intramolecular Hbond substituents is 1. The molecule has 2 aromatic rings. The van der Waals surface area contributed by atoms with Crippen molar-refractivity contribution in [1.29, 1.82) is 0 Å². The Hall–Kier alpha value is -4.07. The summed E-state index contributed by atoms with van der Waals surface area (Å²) in [5.74, 6) is -8.30. The predicted molar refractivity (Wildman–Crippen MR) is 172 cm³/mol. The zero-order valence-electron chi connectivity index (χ0n) is 24.8. The van der Waals surface area contributed by atoms with E-state index in [0.29, 0.717) is 11.1 Å². The zero-order valence-corrected chi connectivity index (χ0v) is 27.9. The number of carbonyl (C=O) groups is 5. The molecule has 2 aromatic carbocycles. The quantitative estimate of drug-likeness (QED) is 0.161. The third kappa shape index (κ3) is 4.57. The average Bonchev–Trinajstić information content (AvgIpc) is 3.38. The number of aromatic carboxylic acids is 1. The van der Waals surface area contributed by atoms with E-state index >= 15 is 0 Å². The van der Waals surface area contributed by atoms with Crippen LogP contribution in [0, 0.1) is 23.7 Å². The minimum Gasteiger partial charge on any atom is -0.507 e. The molecular weight excluding hydrogens is 723 g/mol. The molecule has 0 spiro atoms. The topological polar surface area (TPSA) is 171 Å². The van der Waals surface area contributed by atoms with Gasteiger partial charge in [-0.15, -0.1) is 23.2 Å². The van der Waals surface area contributed by atoms with E-state index in [2.05, 4.69) is 15.9 Å². The van der Waals surface area contributed by atoms with Gasteiger partial charge in [-0.05, 0) is 48.6 Å². The van der Waals surface area contributed by atoms with Crippen LogP contribution < -0.4 is 14.4 Å². The number of carboxylic acids is 1. The number of hydrogen-bond acceptors (Lipinski definition) is 9. The maximum atomic E-state index is 14.1. The number of halogens is 3. The fourth-order valence-corrected chi connectivity index (χ4v) is 8.69. The second kappa shape index (κ2) is 11.6. The molecule has 4 aliphatic rings. The van der Waals surface area contributed by atoms with E-state index in [1.165, 1.54) is 32.4 Å². The van der Waals surface area contributed by atoms with Gasteiger partial charge < -0.3 is 24.8 Å². The molecule has 3 fully saturated rings. The number of likely N-dealkylation sites (tertiary alicyclic amines) is 1. The summed E-state index contributed by atoms with van der Waals surface area (Å²) < 4.78 is 10.5. The number of alkyl halides is 3. The number of phenols is 2. The fraction of sp³-hybridized carbons (Fsp3) is 0.344. The molecule has 6 rings (SSSR count). The summed E-state index contributed by atoms with van der Waals surface area (Å²) >= 11 is 17.6. The SMILES string of the molecule is COc1cc(C=C[C@H]2C3=CC[C@@H]4C(=O)N(c5ccc(C(=O)O)c(O)c5)C(=O)[C@@H]4[C@@H]3C[C@@]3(Cl)C(=O)N(CBr)C(=O)[C@@]23Cl)cc(OC)c1O. The van der Waals surface area contributed by atoms with Gasteiger partial charge >= 0.3 is 5.97 Å². The standard InChI is InChI=1S/C32H27BrCl2N2O10/c1-46-22-9-14(10-23(47-2)25(22)39)3-8-20-16-6-7-18-24(19(16)12-31(34)29(44)36(13-33)30(45)32(20,31)35)27(41)37(26(18)40)15-4-5-17(28(42)43)21(38)11-15/h3-6,8-11,18-20,24,38-39H,7,12-13H2,1-2H3,(H,42,43)/t18-,19+,20-,24-,31+,32-/m0/s1. The maximum absolute atomic E-state index is 14.1. The number of carbonyl (C=O) groups excluding carboxylic acids is 4. The molecule has 2 aliphatic carbocycles. The Morgan fingerprint density at radius 2 is 1.68 bits per heavy atom. The Bertz CT molecular complexity index is 1810. The molecule has 2 heterocycles. The molecule has 1 saturated carbocycles. The van der Waals surface area contributed by atoms with Crippen LogP contribution in [0.3, 0.4) is 0 Å². The number of imide groups is 2. The number of ether oxygens (including phenoxy) is 2. The van der Waals surface area contributed by atoms with Crippen LogP contribution in [0.25, 0.3) is 6.08 Å². The molecule has 0 bridgehead atoms. The molecule has 12 nitrogen and oxygen atoms in total. The smallest absolute Gasteiger partial charge is 0.339 e. The predicted octanol–water partition coefficient (Wildman–Crippen LogP) is 4.27. The molecule has 15 heteroatoms. The van der Waals surface area contributed by atoms with Gasteiger partial charge in [0.2, 0.25) is 17.6 Å². The largest absolute Gasteiger partial charge is 0.507 e. The van der Waals surface area contributed by atoms with Crippen molar-refractivity contribution in [3.63, 3.8) is 0 Å². The third-order valence-electron chi connectivity index (χ3n) is 9.52. The average molecular weight is 750 g/mol. The van der Waals surface area contributed by atoms with Crippen molar-refractivity contribution in [2.75, 3.05) is 24.6 Å². The number of carboxylic acid groups (broad SMARTS) is 1. The maximum Gasteiger partial charge on any atom is 0.339 e. The van der Waals surface area contributed by atoms with Gasteiger partial charge in [0.15, 0.2) is 21.2 Å². The lowest BCUT2D eigenvalue weighted by atomic mass is 9.57. The second-order valence-electron chi connectivity index (χ2n) is 11.7. The Morgan fingerprint density at radius 3 is 2.26 bits per heavy atom. The van der Waals surface area contributed by atoms with Crippen molar-refractivity contribution in [3.8, 4) is 23.0 Å². The van der Waals surface area contributed by atoms with Crippen LogP contribution in [0.1, 0.15) is 28.8 Å². The van der Waals surface area contributed by atoms with Crippen molar-refractivity contribution < 1.29 is 48.8 Å². The highest BCUT2D eigenvalue weighted by molar-refractivity contribution is 9.09. The van der Waals surface area contributed by atoms with E-state index in [1.807, 2.05) is 0 Å². The van der Waals surface area contributed by atoms with Gasteiger partial charge in [0, 0.05) is 12.0 Å². The van der Waals surface area contributed by atoms with Crippen molar-refractivity contribution >= 4 is 80.5 Å². The van der Waals surface area contributed by atoms with Gasteiger partial charge in [-0.25, -0.2) is 9.69 Å². The molecular formula is C32H27BrCl2N2O10. The normalized spacial score (nSPS) is 29.9. The number of benzene rings is 2. The van der Waals surface area contributed by atoms with Crippen LogP contribution in [0.4, 0.5) is 5.69 Å². The first-order valence-corrected chi connectivity index (χ1v) is 16.2. The molecule has 3 N–H and O–H groups in total. The Morgan fingerprint density at radius 1 is 1.02 bits per heavy atom. The highest BCUT2D eigenvalue weighted by Crippen LogP contribution is 2.63. The van der Waals surface area contributed by atoms with Gasteiger partial charge in [-0.1, -0.05) is 39.7 Å². The van der Waals surface area contributed by atoms with Crippen molar-refractivity contribution in [2.24, 2.45) is 23.7 Å². The summed E-state index contributed by atoms with van der Waals surface area (Å²) in [6.07, 6.45) is 4.86. The van der Waals surface area contributed by atoms with Gasteiger partial charge in [-0.2, -0.15) is 0 Å². The highest BCUT2D eigenvalue weighted by Gasteiger charge is 2.75. The van der Waals surface area contributed by atoms with Crippen molar-refractivity contribution in [3.05, 3.63) is 59.2 Å². The number of aromatic hydroxyl groups is 2. The van der Waals surface area contributed by atoms with Crippen LogP contribution in [0.15, 0.2) is 48.1 Å². The minimum absolute atomic E-state index is 0.00853. The summed E-state index contributed by atoms with van der Waals surface area (Å²) in [6.45, 7) is 0. The second-order valence-corrected chi connectivity index (χ2v) is 13.4. The fourth-order valence-electron chi connectivity index (χ4n) is 7.31. The molecule has 6 atom stereocenters. The number of methoxy groups -OCH3 is 2. The lowest BCUT2D eigenvalue weighted by molar-refractivity contribution is -0.138. The van der Waals surface area contributed by atoms with Crippen molar-refractivity contribution in [1.82, 2.24) is 4.90 Å². The molecule has 2 aliphatic heterocycles. The Balaban J connectivity index is 1.46. The minimum atomic E-state index is -2.00. The van der Waals surface area contributed by atoms with Crippen LogP contribution >= 0.6 is 39.1 Å². The molecule has 4 amide bonds. The summed E-state index contributed by atoms with van der Waals surface area (Å²) in [7, 11) is 2.74. The zero-order chi connectivity index (χ0) is 34.2. The van der Waals surface area contributed by atoms with E-state index < -0.39 is 74.3 Å². The number of rotatable bonds is 7. The van der Waals surface area contributed by atoms with Gasteiger partial charge in [0.25, 0.3) is 11.8 Å². The molecule has 47 heavy (non-hydrogen) atoms. The molecule has 0 unspecified atom stereocenters. The number of amides is 4. The third-order valence-corrected chi connectivity index (χ3v) is 11.5. The Kier molecular flexibility index (Phi) is 8.09. The number of hydrogen-bond donors (Lipinski definition) is 3. The number of fused-ring (bicyclic) bond motifs is 4. The lowest BCUT2D eigenvalue weighted by Gasteiger charge is -2.49. The van der Waals surface area contributed by atoms with E-state index in [-0.39, 0.29) is 41.2 Å². The van der Waals surface area contributed by atoms with E-state index in [1.54, 1.807) is 18.2 Å². The summed E-state index contributed by atoms with van der Waals surface area (Å²) in [5.41, 5.74) is 0.461. The highest BCUT2D eigenvalue weighted by atomic mass is 79.9. The van der Waals surface area contributed by atoms with E-state index in [4.69, 9.17) is 32.7 Å². The van der Waals surface area contributed by atoms with Crippen LogP contribution in [0.2, 0.25) is 0 Å². The lowest BCUT2D eigenvalue weighted by Crippen LogP contribution is -2.60.